The summed E-state index contributed by atoms with van der Waals surface area (Å²) in [6.07, 6.45) is 77.0. The van der Waals surface area contributed by atoms with Gasteiger partial charge in [-0.1, -0.05) is 288 Å². The van der Waals surface area contributed by atoms with Crippen LogP contribution in [0.15, 0.2) is 48.6 Å². The molecule has 0 aromatic rings. The van der Waals surface area contributed by atoms with Gasteiger partial charge in [0.05, 0.1) is 0 Å². The highest BCUT2D eigenvalue weighted by atomic mass is 16.6. The van der Waals surface area contributed by atoms with E-state index in [1.165, 1.54) is 225 Å². The molecule has 0 amide bonds. The van der Waals surface area contributed by atoms with E-state index in [9.17, 15) is 14.4 Å². The van der Waals surface area contributed by atoms with Crippen LogP contribution in [0.5, 0.6) is 0 Å². The first-order chi connectivity index (χ1) is 36.0. The molecule has 0 aromatic carbocycles. The number of carbonyl (C=O) groups is 3. The summed E-state index contributed by atoms with van der Waals surface area (Å²) >= 11 is 0. The molecule has 1 atom stereocenters. The maximum atomic E-state index is 12.9. The second-order valence-electron chi connectivity index (χ2n) is 21.7. The Bertz CT molecular complexity index is 1270. The molecule has 0 radical (unpaired) electrons. The highest BCUT2D eigenvalue weighted by Gasteiger charge is 2.19. The zero-order chi connectivity index (χ0) is 52.9. The Morgan fingerprint density at radius 3 is 0.781 bits per heavy atom. The van der Waals surface area contributed by atoms with E-state index >= 15 is 0 Å². The van der Waals surface area contributed by atoms with Crippen molar-refractivity contribution in [3.63, 3.8) is 0 Å². The molecule has 426 valence electrons. The van der Waals surface area contributed by atoms with Crippen molar-refractivity contribution in [2.45, 2.75) is 348 Å². The van der Waals surface area contributed by atoms with Crippen LogP contribution < -0.4 is 0 Å². The first kappa shape index (κ1) is 70.4. The average molecular weight is 1020 g/mol. The van der Waals surface area contributed by atoms with Gasteiger partial charge in [0.15, 0.2) is 6.10 Å². The Hall–Kier alpha value is -2.63. The summed E-state index contributed by atoms with van der Waals surface area (Å²) in [7, 11) is 0. The topological polar surface area (TPSA) is 78.9 Å². The molecule has 0 aliphatic rings. The molecular weight excluding hydrogens is 901 g/mol. The lowest BCUT2D eigenvalue weighted by molar-refractivity contribution is -0.167. The second-order valence-corrected chi connectivity index (χ2v) is 21.7. The Morgan fingerprint density at radius 1 is 0.274 bits per heavy atom. The number of carbonyl (C=O) groups excluding carboxylic acids is 3. The fourth-order valence-electron chi connectivity index (χ4n) is 9.45. The van der Waals surface area contributed by atoms with E-state index in [2.05, 4.69) is 69.4 Å². The largest absolute Gasteiger partial charge is 0.462 e. The fraction of sp³-hybridized carbons (Fsp3) is 0.836. The summed E-state index contributed by atoms with van der Waals surface area (Å²) in [5.41, 5.74) is 0. The summed E-state index contributed by atoms with van der Waals surface area (Å²) in [5.74, 6) is -0.864. The van der Waals surface area contributed by atoms with Crippen molar-refractivity contribution in [3.05, 3.63) is 48.6 Å². The van der Waals surface area contributed by atoms with E-state index < -0.39 is 6.10 Å². The van der Waals surface area contributed by atoms with Gasteiger partial charge < -0.3 is 14.2 Å². The molecule has 6 heteroatoms. The molecule has 0 saturated heterocycles. The third-order valence-corrected chi connectivity index (χ3v) is 14.3. The third-order valence-electron chi connectivity index (χ3n) is 14.3. The number of hydrogen-bond donors (Lipinski definition) is 0. The van der Waals surface area contributed by atoms with Crippen LogP contribution in [-0.2, 0) is 28.6 Å². The summed E-state index contributed by atoms with van der Waals surface area (Å²) in [6, 6.07) is 0. The molecular formula is C67H122O6. The van der Waals surface area contributed by atoms with Gasteiger partial charge in [0, 0.05) is 19.3 Å². The minimum absolute atomic E-state index is 0.0723. The monoisotopic (exact) mass is 1020 g/mol. The Balaban J connectivity index is 4.16. The standard InChI is InChI=1S/C67H122O6/c1-4-7-10-13-16-19-22-24-26-27-28-29-30-31-32-33-34-35-36-37-38-39-41-42-45-48-51-54-57-60-66(69)72-63-64(62-71-65(68)59-56-53-50-47-44-21-18-15-12-9-6-3)73-67(70)61-58-55-52-49-46-43-40-25-23-20-17-14-11-8-5-2/h22,24-25,27-28,30-31,40,64H,4-21,23,26,29,32-39,41-63H2,1-3H3/b24-22-,28-27-,31-30-,40-25-. The number of allylic oxidation sites excluding steroid dienone is 8. The van der Waals surface area contributed by atoms with E-state index in [-0.39, 0.29) is 31.1 Å². The Kier molecular flexibility index (Phi) is 59.7. The highest BCUT2D eigenvalue weighted by molar-refractivity contribution is 5.71. The van der Waals surface area contributed by atoms with Crippen LogP contribution >= 0.6 is 0 Å². The van der Waals surface area contributed by atoms with Gasteiger partial charge in [-0.2, -0.15) is 0 Å². The number of unbranched alkanes of at least 4 members (excludes halogenated alkanes) is 40. The fourth-order valence-corrected chi connectivity index (χ4v) is 9.45. The van der Waals surface area contributed by atoms with Gasteiger partial charge >= 0.3 is 17.9 Å². The Labute approximate surface area is 454 Å². The molecule has 0 aliphatic carbocycles. The van der Waals surface area contributed by atoms with Gasteiger partial charge in [-0.25, -0.2) is 0 Å². The van der Waals surface area contributed by atoms with Crippen molar-refractivity contribution in [3.8, 4) is 0 Å². The van der Waals surface area contributed by atoms with Crippen molar-refractivity contribution in [2.75, 3.05) is 13.2 Å². The summed E-state index contributed by atoms with van der Waals surface area (Å²) in [5, 5.41) is 0. The lowest BCUT2D eigenvalue weighted by Gasteiger charge is -2.18. The molecule has 0 bridgehead atoms. The lowest BCUT2D eigenvalue weighted by atomic mass is 10.0. The highest BCUT2D eigenvalue weighted by Crippen LogP contribution is 2.17. The molecule has 1 unspecified atom stereocenters. The first-order valence-corrected chi connectivity index (χ1v) is 32.1. The summed E-state index contributed by atoms with van der Waals surface area (Å²) in [4.78, 5) is 38.2. The Morgan fingerprint density at radius 2 is 0.493 bits per heavy atom. The molecule has 0 heterocycles. The number of esters is 3. The van der Waals surface area contributed by atoms with Crippen LogP contribution in [0.25, 0.3) is 0 Å². The smallest absolute Gasteiger partial charge is 0.306 e. The summed E-state index contributed by atoms with van der Waals surface area (Å²) in [6.45, 7) is 6.65. The predicted octanol–water partition coefficient (Wildman–Crippen LogP) is 21.8. The molecule has 0 aromatic heterocycles. The third kappa shape index (κ3) is 60.1. The molecule has 0 spiro atoms. The van der Waals surface area contributed by atoms with Crippen LogP contribution in [0.1, 0.15) is 342 Å². The van der Waals surface area contributed by atoms with E-state index in [1.807, 2.05) is 0 Å². The molecule has 0 aliphatic heterocycles. The lowest BCUT2D eigenvalue weighted by Crippen LogP contribution is -2.30. The van der Waals surface area contributed by atoms with Crippen LogP contribution in [0.3, 0.4) is 0 Å². The van der Waals surface area contributed by atoms with Crippen molar-refractivity contribution in [1.29, 1.82) is 0 Å². The molecule has 0 N–H and O–H groups in total. The molecule has 0 saturated carbocycles. The van der Waals surface area contributed by atoms with Crippen molar-refractivity contribution < 1.29 is 28.6 Å². The molecule has 0 fully saturated rings. The van der Waals surface area contributed by atoms with E-state index in [0.717, 1.165) is 77.0 Å². The maximum Gasteiger partial charge on any atom is 0.306 e. The average Bonchev–Trinajstić information content (AvgIpc) is 3.39. The van der Waals surface area contributed by atoms with Gasteiger partial charge in [-0.05, 0) is 83.5 Å². The van der Waals surface area contributed by atoms with E-state index in [4.69, 9.17) is 14.2 Å². The minimum atomic E-state index is -0.774. The van der Waals surface area contributed by atoms with Crippen LogP contribution in [0, 0.1) is 0 Å². The summed E-state index contributed by atoms with van der Waals surface area (Å²) < 4.78 is 16.9. The maximum absolute atomic E-state index is 12.9. The van der Waals surface area contributed by atoms with Crippen LogP contribution in [-0.4, -0.2) is 37.2 Å². The van der Waals surface area contributed by atoms with E-state index in [1.54, 1.807) is 0 Å². The van der Waals surface area contributed by atoms with Crippen molar-refractivity contribution >= 4 is 17.9 Å². The zero-order valence-electron chi connectivity index (χ0n) is 48.9. The molecule has 73 heavy (non-hydrogen) atoms. The van der Waals surface area contributed by atoms with Gasteiger partial charge in [-0.3, -0.25) is 14.4 Å². The number of rotatable bonds is 59. The number of hydrogen-bond acceptors (Lipinski definition) is 6. The zero-order valence-corrected chi connectivity index (χ0v) is 48.9. The first-order valence-electron chi connectivity index (χ1n) is 32.1. The predicted molar refractivity (Wildman–Crippen MR) is 316 cm³/mol. The number of ether oxygens (including phenoxy) is 3. The van der Waals surface area contributed by atoms with E-state index in [0.29, 0.717) is 19.3 Å². The van der Waals surface area contributed by atoms with Gasteiger partial charge in [-0.15, -0.1) is 0 Å². The van der Waals surface area contributed by atoms with Crippen molar-refractivity contribution in [1.82, 2.24) is 0 Å². The van der Waals surface area contributed by atoms with Gasteiger partial charge in [0.25, 0.3) is 0 Å². The normalized spacial score (nSPS) is 12.3. The van der Waals surface area contributed by atoms with Gasteiger partial charge in [0.2, 0.25) is 0 Å². The van der Waals surface area contributed by atoms with Crippen molar-refractivity contribution in [2.24, 2.45) is 0 Å². The van der Waals surface area contributed by atoms with Gasteiger partial charge in [0.1, 0.15) is 13.2 Å². The van der Waals surface area contributed by atoms with Crippen LogP contribution in [0.4, 0.5) is 0 Å². The molecule has 6 nitrogen and oxygen atoms in total. The SMILES string of the molecule is CCCCCCC/C=C\C/C=C\C/C=C\CCCCCCCCCCCCCCCCC(=O)OCC(COC(=O)CCCCCCCCCCCCC)OC(=O)CCCCCCC/C=C\CCCCCCCC. The minimum Gasteiger partial charge on any atom is -0.462 e. The molecule has 0 rings (SSSR count). The second kappa shape index (κ2) is 61.9. The van der Waals surface area contributed by atoms with Crippen LogP contribution in [0.2, 0.25) is 0 Å². The quantitative estimate of drug-likeness (QED) is 0.0261.